The van der Waals surface area contributed by atoms with Crippen LogP contribution in [0.5, 0.6) is 0 Å². The van der Waals surface area contributed by atoms with Crippen molar-refractivity contribution in [2.24, 2.45) is 0 Å². The van der Waals surface area contributed by atoms with Crippen molar-refractivity contribution < 1.29 is 4.79 Å². The molecule has 1 aliphatic rings. The average molecular weight is 209 g/mol. The minimum absolute atomic E-state index is 0.0860. The predicted molar refractivity (Wildman–Crippen MR) is 54.5 cm³/mol. The molecule has 0 saturated carbocycles. The van der Waals surface area contributed by atoms with Crippen molar-refractivity contribution in [2.45, 2.75) is 19.4 Å². The first-order valence-corrected chi connectivity index (χ1v) is 5.06. The largest absolute Gasteiger partial charge is 0.334 e. The number of carbonyl (C=O) groups is 1. The fourth-order valence-electron chi connectivity index (χ4n) is 1.76. The van der Waals surface area contributed by atoms with Crippen LogP contribution < -0.4 is 5.32 Å². The van der Waals surface area contributed by atoms with E-state index in [0.717, 1.165) is 19.5 Å². The van der Waals surface area contributed by atoms with Crippen LogP contribution in [0.1, 0.15) is 22.9 Å². The van der Waals surface area contributed by atoms with Crippen LogP contribution in [0.3, 0.4) is 0 Å². The molecule has 15 heavy (non-hydrogen) atoms. The van der Waals surface area contributed by atoms with Crippen LogP contribution in [0.25, 0.3) is 0 Å². The highest BCUT2D eigenvalue weighted by Gasteiger charge is 2.27. The van der Waals surface area contributed by atoms with Gasteiger partial charge in [0.15, 0.2) is 0 Å². The van der Waals surface area contributed by atoms with Crippen molar-refractivity contribution in [1.82, 2.24) is 25.4 Å². The quantitative estimate of drug-likeness (QED) is 0.691. The topological polar surface area (TPSA) is 73.9 Å². The molecule has 1 aromatic rings. The number of carbonyl (C=O) groups excluding carboxylic acids is 1. The van der Waals surface area contributed by atoms with Gasteiger partial charge in [0.2, 0.25) is 5.82 Å². The summed E-state index contributed by atoms with van der Waals surface area (Å²) in [6.45, 7) is 3.30. The van der Waals surface area contributed by atoms with Crippen LogP contribution in [0, 0.1) is 6.92 Å². The predicted octanol–water partition coefficient (Wildman–Crippen LogP) is -0.453. The summed E-state index contributed by atoms with van der Waals surface area (Å²) in [4.78, 5) is 17.7. The second kappa shape index (κ2) is 3.98. The van der Waals surface area contributed by atoms with E-state index >= 15 is 0 Å². The Bertz CT molecular complexity index is 361. The summed E-state index contributed by atoms with van der Waals surface area (Å²) >= 11 is 0. The lowest BCUT2D eigenvalue weighted by atomic mass is 10.3. The standard InChI is InChI=1S/C9H15N5O/c1-6-11-8(13-12-6)9(15)14-4-3-7(5-14)10-2/h7,10H,3-5H2,1-2H3,(H,11,12,13). The molecular weight excluding hydrogens is 194 g/mol. The van der Waals surface area contributed by atoms with Crippen LogP contribution in [0.4, 0.5) is 0 Å². The molecule has 6 nitrogen and oxygen atoms in total. The number of hydrogen-bond acceptors (Lipinski definition) is 4. The molecule has 1 amide bonds. The van der Waals surface area contributed by atoms with Crippen molar-refractivity contribution in [3.8, 4) is 0 Å². The number of likely N-dealkylation sites (tertiary alicyclic amines) is 1. The van der Waals surface area contributed by atoms with E-state index in [9.17, 15) is 4.79 Å². The van der Waals surface area contributed by atoms with Crippen molar-refractivity contribution in [2.75, 3.05) is 20.1 Å². The monoisotopic (exact) mass is 209 g/mol. The number of aromatic nitrogens is 3. The lowest BCUT2D eigenvalue weighted by molar-refractivity contribution is 0.0778. The van der Waals surface area contributed by atoms with Crippen LogP contribution in [0.2, 0.25) is 0 Å². The first-order chi connectivity index (χ1) is 7.20. The van der Waals surface area contributed by atoms with Crippen molar-refractivity contribution in [1.29, 1.82) is 0 Å². The number of amides is 1. The number of H-pyrrole nitrogens is 1. The van der Waals surface area contributed by atoms with Crippen LogP contribution in [-0.4, -0.2) is 52.2 Å². The molecule has 2 rings (SSSR count). The van der Waals surface area contributed by atoms with E-state index in [4.69, 9.17) is 0 Å². The Kier molecular flexibility index (Phi) is 2.68. The van der Waals surface area contributed by atoms with Gasteiger partial charge in [-0.15, -0.1) is 5.10 Å². The molecule has 1 aliphatic heterocycles. The molecule has 1 aromatic heterocycles. The lowest BCUT2D eigenvalue weighted by Gasteiger charge is -2.13. The van der Waals surface area contributed by atoms with Crippen molar-refractivity contribution in [3.63, 3.8) is 0 Å². The van der Waals surface area contributed by atoms with Crippen LogP contribution in [0.15, 0.2) is 0 Å². The minimum Gasteiger partial charge on any atom is -0.334 e. The van der Waals surface area contributed by atoms with Gasteiger partial charge in [-0.25, -0.2) is 4.98 Å². The Labute approximate surface area is 88.1 Å². The van der Waals surface area contributed by atoms with Crippen LogP contribution >= 0.6 is 0 Å². The molecule has 1 saturated heterocycles. The summed E-state index contributed by atoms with van der Waals surface area (Å²) < 4.78 is 0. The van der Waals surface area contributed by atoms with Gasteiger partial charge in [0.1, 0.15) is 5.82 Å². The Morgan fingerprint density at radius 1 is 1.67 bits per heavy atom. The van der Waals surface area contributed by atoms with E-state index in [2.05, 4.69) is 20.5 Å². The number of nitrogens with zero attached hydrogens (tertiary/aromatic N) is 3. The van der Waals surface area contributed by atoms with E-state index in [1.165, 1.54) is 0 Å². The van der Waals surface area contributed by atoms with Gasteiger partial charge in [-0.2, -0.15) is 0 Å². The third-order valence-corrected chi connectivity index (χ3v) is 2.67. The second-order valence-corrected chi connectivity index (χ2v) is 3.77. The maximum Gasteiger partial charge on any atom is 0.293 e. The van der Waals surface area contributed by atoms with E-state index in [-0.39, 0.29) is 11.7 Å². The Hall–Kier alpha value is -1.43. The second-order valence-electron chi connectivity index (χ2n) is 3.77. The fraction of sp³-hybridized carbons (Fsp3) is 0.667. The summed E-state index contributed by atoms with van der Waals surface area (Å²) in [7, 11) is 1.91. The van der Waals surface area contributed by atoms with Gasteiger partial charge >= 0.3 is 0 Å². The molecule has 0 aliphatic carbocycles. The minimum atomic E-state index is -0.0860. The summed E-state index contributed by atoms with van der Waals surface area (Å²) in [6, 6.07) is 0.397. The maximum absolute atomic E-state index is 11.9. The molecule has 1 unspecified atom stereocenters. The Balaban J connectivity index is 2.03. The maximum atomic E-state index is 11.9. The highest BCUT2D eigenvalue weighted by Crippen LogP contribution is 2.11. The molecule has 0 radical (unpaired) electrons. The first-order valence-electron chi connectivity index (χ1n) is 5.06. The van der Waals surface area contributed by atoms with Gasteiger partial charge in [0.25, 0.3) is 5.91 Å². The summed E-state index contributed by atoms with van der Waals surface area (Å²) in [6.07, 6.45) is 0.992. The third-order valence-electron chi connectivity index (χ3n) is 2.67. The molecular formula is C9H15N5O. The molecule has 0 spiro atoms. The Morgan fingerprint density at radius 3 is 3.00 bits per heavy atom. The number of aromatic amines is 1. The van der Waals surface area contributed by atoms with Gasteiger partial charge in [-0.3, -0.25) is 9.89 Å². The summed E-state index contributed by atoms with van der Waals surface area (Å²) in [5.74, 6) is 0.851. The smallest absolute Gasteiger partial charge is 0.293 e. The highest BCUT2D eigenvalue weighted by molar-refractivity contribution is 5.90. The van der Waals surface area contributed by atoms with Gasteiger partial charge < -0.3 is 10.2 Å². The van der Waals surface area contributed by atoms with Gasteiger partial charge in [-0.05, 0) is 20.4 Å². The normalized spacial score (nSPS) is 20.9. The molecule has 6 heteroatoms. The SMILES string of the molecule is CNC1CCN(C(=O)c2n[nH]c(C)n2)C1. The average Bonchev–Trinajstić information content (AvgIpc) is 2.84. The Morgan fingerprint density at radius 2 is 2.47 bits per heavy atom. The number of hydrogen-bond donors (Lipinski definition) is 2. The summed E-state index contributed by atoms with van der Waals surface area (Å²) in [5.41, 5.74) is 0. The van der Waals surface area contributed by atoms with Crippen molar-refractivity contribution in [3.05, 3.63) is 11.6 Å². The molecule has 1 fully saturated rings. The van der Waals surface area contributed by atoms with E-state index in [1.807, 2.05) is 7.05 Å². The number of aryl methyl sites for hydroxylation is 1. The zero-order chi connectivity index (χ0) is 10.8. The molecule has 0 bridgehead atoms. The highest BCUT2D eigenvalue weighted by atomic mass is 16.2. The molecule has 82 valence electrons. The van der Waals surface area contributed by atoms with Gasteiger partial charge in [-0.1, -0.05) is 0 Å². The van der Waals surface area contributed by atoms with Gasteiger partial charge in [0.05, 0.1) is 0 Å². The third kappa shape index (κ3) is 1.99. The van der Waals surface area contributed by atoms with E-state index in [1.54, 1.807) is 11.8 Å². The zero-order valence-corrected chi connectivity index (χ0v) is 8.95. The number of rotatable bonds is 2. The van der Waals surface area contributed by atoms with Gasteiger partial charge in [0, 0.05) is 19.1 Å². The lowest BCUT2D eigenvalue weighted by Crippen LogP contribution is -2.33. The summed E-state index contributed by atoms with van der Waals surface area (Å²) in [5, 5.41) is 9.70. The molecule has 2 N–H and O–H groups in total. The number of nitrogens with one attached hydrogen (secondary N) is 2. The van der Waals surface area contributed by atoms with E-state index < -0.39 is 0 Å². The molecule has 2 heterocycles. The van der Waals surface area contributed by atoms with E-state index in [0.29, 0.717) is 11.9 Å². The van der Waals surface area contributed by atoms with Crippen molar-refractivity contribution >= 4 is 5.91 Å². The fourth-order valence-corrected chi connectivity index (χ4v) is 1.76. The number of likely N-dealkylation sites (N-methyl/N-ethyl adjacent to an activating group) is 1. The van der Waals surface area contributed by atoms with Crippen LogP contribution in [-0.2, 0) is 0 Å². The zero-order valence-electron chi connectivity index (χ0n) is 8.95. The molecule has 0 aromatic carbocycles. The first kappa shape index (κ1) is 10.1. The molecule has 1 atom stereocenters.